The molecule has 2 heterocycles. The van der Waals surface area contributed by atoms with Crippen LogP contribution in [0.2, 0.25) is 0 Å². The van der Waals surface area contributed by atoms with Crippen LogP contribution in [0.5, 0.6) is 5.75 Å². The molecule has 0 aliphatic heterocycles. The quantitative estimate of drug-likeness (QED) is 0.664. The van der Waals surface area contributed by atoms with Crippen LogP contribution >= 0.6 is 0 Å². The van der Waals surface area contributed by atoms with Crippen molar-refractivity contribution in [3.05, 3.63) is 77.9 Å². The molecule has 128 valence electrons. The molecule has 0 aliphatic carbocycles. The lowest BCUT2D eigenvalue weighted by molar-refractivity contribution is -0.142. The van der Waals surface area contributed by atoms with Crippen LogP contribution in [0, 0.1) is 6.92 Å². The summed E-state index contributed by atoms with van der Waals surface area (Å²) >= 11 is 0. The molecule has 0 radical (unpaired) electrons. The lowest BCUT2D eigenvalue weighted by Crippen LogP contribution is -2.13. The first kappa shape index (κ1) is 17.0. The van der Waals surface area contributed by atoms with E-state index in [1.807, 2.05) is 6.07 Å². The Morgan fingerprint density at radius 1 is 1.00 bits per heavy atom. The Morgan fingerprint density at radius 2 is 1.76 bits per heavy atom. The standard InChI is InChI=1S/C19H15F3N2O/c1-13-16(15-8-5-9-23-10-15)11-24-18(19(20,21)22)17(13)25-12-14-6-3-2-4-7-14/h2-11H,12H2,1H3. The predicted octanol–water partition coefficient (Wildman–Crippen LogP) is 5.05. The van der Waals surface area contributed by atoms with E-state index in [1.165, 1.54) is 6.20 Å². The van der Waals surface area contributed by atoms with Gasteiger partial charge in [0.25, 0.3) is 0 Å². The Kier molecular flexibility index (Phi) is 4.70. The highest BCUT2D eigenvalue weighted by Gasteiger charge is 2.37. The molecule has 0 N–H and O–H groups in total. The largest absolute Gasteiger partial charge is 0.486 e. The van der Waals surface area contributed by atoms with Gasteiger partial charge in [0.15, 0.2) is 11.4 Å². The fourth-order valence-electron chi connectivity index (χ4n) is 2.51. The molecule has 0 amide bonds. The van der Waals surface area contributed by atoms with Crippen LogP contribution < -0.4 is 4.74 Å². The van der Waals surface area contributed by atoms with Crippen molar-refractivity contribution >= 4 is 0 Å². The maximum absolute atomic E-state index is 13.3. The van der Waals surface area contributed by atoms with Gasteiger partial charge in [0.1, 0.15) is 6.61 Å². The van der Waals surface area contributed by atoms with Crippen LogP contribution in [0.15, 0.2) is 61.1 Å². The summed E-state index contributed by atoms with van der Waals surface area (Å²) in [5, 5.41) is 0. The maximum Gasteiger partial charge on any atom is 0.437 e. The van der Waals surface area contributed by atoms with Crippen LogP contribution in [0.1, 0.15) is 16.8 Å². The Balaban J connectivity index is 2.03. The summed E-state index contributed by atoms with van der Waals surface area (Å²) < 4.78 is 45.5. The van der Waals surface area contributed by atoms with Crippen molar-refractivity contribution in [3.8, 4) is 16.9 Å². The van der Waals surface area contributed by atoms with Crippen molar-refractivity contribution in [2.75, 3.05) is 0 Å². The van der Waals surface area contributed by atoms with E-state index < -0.39 is 11.9 Å². The summed E-state index contributed by atoms with van der Waals surface area (Å²) in [5.74, 6) is -0.252. The van der Waals surface area contributed by atoms with Crippen LogP contribution in [-0.2, 0) is 12.8 Å². The third-order valence-electron chi connectivity index (χ3n) is 3.75. The summed E-state index contributed by atoms with van der Waals surface area (Å²) in [6.07, 6.45) is -0.198. The summed E-state index contributed by atoms with van der Waals surface area (Å²) in [6.45, 7) is 1.63. The van der Waals surface area contributed by atoms with Gasteiger partial charge < -0.3 is 4.74 Å². The van der Waals surface area contributed by atoms with E-state index in [4.69, 9.17) is 4.74 Å². The number of halogens is 3. The third-order valence-corrected chi connectivity index (χ3v) is 3.75. The van der Waals surface area contributed by atoms with Gasteiger partial charge in [-0.1, -0.05) is 36.4 Å². The predicted molar refractivity (Wildman–Crippen MR) is 88.0 cm³/mol. The van der Waals surface area contributed by atoms with E-state index in [-0.39, 0.29) is 12.4 Å². The molecule has 1 aromatic carbocycles. The van der Waals surface area contributed by atoms with Crippen LogP contribution in [0.4, 0.5) is 13.2 Å². The first-order chi connectivity index (χ1) is 12.0. The summed E-state index contributed by atoms with van der Waals surface area (Å²) in [6, 6.07) is 12.5. The molecule has 3 nitrogen and oxygen atoms in total. The van der Waals surface area contributed by atoms with E-state index in [0.29, 0.717) is 16.7 Å². The summed E-state index contributed by atoms with van der Waals surface area (Å²) in [7, 11) is 0. The Morgan fingerprint density at radius 3 is 2.40 bits per heavy atom. The van der Waals surface area contributed by atoms with Gasteiger partial charge in [0.05, 0.1) is 0 Å². The van der Waals surface area contributed by atoms with Crippen LogP contribution in [0.3, 0.4) is 0 Å². The van der Waals surface area contributed by atoms with Gasteiger partial charge in [-0.05, 0) is 18.6 Å². The van der Waals surface area contributed by atoms with Crippen molar-refractivity contribution in [2.24, 2.45) is 0 Å². The third kappa shape index (κ3) is 3.79. The minimum Gasteiger partial charge on any atom is -0.486 e. The number of hydrogen-bond donors (Lipinski definition) is 0. The van der Waals surface area contributed by atoms with E-state index in [1.54, 1.807) is 55.7 Å². The highest BCUT2D eigenvalue weighted by atomic mass is 19.4. The van der Waals surface area contributed by atoms with Crippen molar-refractivity contribution < 1.29 is 17.9 Å². The molecule has 0 saturated carbocycles. The number of aromatic nitrogens is 2. The molecule has 0 saturated heterocycles. The van der Waals surface area contributed by atoms with Gasteiger partial charge in [-0.25, -0.2) is 4.98 Å². The second-order valence-electron chi connectivity index (χ2n) is 5.49. The molecule has 0 unspecified atom stereocenters. The van der Waals surface area contributed by atoms with Gasteiger partial charge >= 0.3 is 6.18 Å². The topological polar surface area (TPSA) is 35.0 Å². The second-order valence-corrected chi connectivity index (χ2v) is 5.49. The number of nitrogens with zero attached hydrogens (tertiary/aromatic N) is 2. The zero-order chi connectivity index (χ0) is 17.9. The first-order valence-corrected chi connectivity index (χ1v) is 7.60. The normalized spacial score (nSPS) is 11.4. The SMILES string of the molecule is Cc1c(-c2cccnc2)cnc(C(F)(F)F)c1OCc1ccccc1. The van der Waals surface area contributed by atoms with Crippen molar-refractivity contribution in [2.45, 2.75) is 19.7 Å². The van der Waals surface area contributed by atoms with Gasteiger partial charge in [-0.3, -0.25) is 4.98 Å². The number of pyridine rings is 2. The number of alkyl halides is 3. The molecule has 2 aromatic heterocycles. The fraction of sp³-hybridized carbons (Fsp3) is 0.158. The molecule has 25 heavy (non-hydrogen) atoms. The Labute approximate surface area is 143 Å². The van der Waals surface area contributed by atoms with E-state index in [2.05, 4.69) is 9.97 Å². The smallest absolute Gasteiger partial charge is 0.437 e. The zero-order valence-electron chi connectivity index (χ0n) is 13.4. The number of ether oxygens (including phenoxy) is 1. The second kappa shape index (κ2) is 6.93. The average Bonchev–Trinajstić information content (AvgIpc) is 2.61. The van der Waals surface area contributed by atoms with Crippen molar-refractivity contribution in [3.63, 3.8) is 0 Å². The monoisotopic (exact) mass is 344 g/mol. The van der Waals surface area contributed by atoms with Crippen molar-refractivity contribution in [1.82, 2.24) is 9.97 Å². The summed E-state index contributed by atoms with van der Waals surface area (Å²) in [5.41, 5.74) is 1.39. The van der Waals surface area contributed by atoms with Gasteiger partial charge in [-0.2, -0.15) is 13.2 Å². The van der Waals surface area contributed by atoms with Crippen LogP contribution in [0.25, 0.3) is 11.1 Å². The highest BCUT2D eigenvalue weighted by molar-refractivity contribution is 5.68. The average molecular weight is 344 g/mol. The molecule has 0 aliphatic rings. The lowest BCUT2D eigenvalue weighted by Gasteiger charge is -2.18. The lowest BCUT2D eigenvalue weighted by atomic mass is 10.0. The zero-order valence-corrected chi connectivity index (χ0v) is 13.4. The number of hydrogen-bond acceptors (Lipinski definition) is 3. The molecule has 6 heteroatoms. The van der Waals surface area contributed by atoms with Gasteiger partial charge in [0, 0.05) is 35.3 Å². The first-order valence-electron chi connectivity index (χ1n) is 7.60. The highest BCUT2D eigenvalue weighted by Crippen LogP contribution is 2.40. The fourth-order valence-corrected chi connectivity index (χ4v) is 2.51. The van der Waals surface area contributed by atoms with Crippen molar-refractivity contribution in [1.29, 1.82) is 0 Å². The molecular weight excluding hydrogens is 329 g/mol. The molecule has 0 atom stereocenters. The van der Waals surface area contributed by atoms with E-state index >= 15 is 0 Å². The molecule has 0 fully saturated rings. The molecule has 3 aromatic rings. The molecule has 0 bridgehead atoms. The van der Waals surface area contributed by atoms with Crippen LogP contribution in [-0.4, -0.2) is 9.97 Å². The number of benzene rings is 1. The molecule has 0 spiro atoms. The Hall–Kier alpha value is -2.89. The van der Waals surface area contributed by atoms with E-state index in [9.17, 15) is 13.2 Å². The van der Waals surface area contributed by atoms with E-state index in [0.717, 1.165) is 5.56 Å². The van der Waals surface area contributed by atoms with Gasteiger partial charge in [0.2, 0.25) is 0 Å². The summed E-state index contributed by atoms with van der Waals surface area (Å²) in [4.78, 5) is 7.63. The van der Waals surface area contributed by atoms with Gasteiger partial charge in [-0.15, -0.1) is 0 Å². The minimum absolute atomic E-state index is 0.0307. The molecular formula is C19H15F3N2O. The maximum atomic E-state index is 13.3. The molecule has 3 rings (SSSR count). The number of rotatable bonds is 4. The minimum atomic E-state index is -4.59. The Bertz CT molecular complexity index is 850.